The van der Waals surface area contributed by atoms with Crippen molar-refractivity contribution in [3.63, 3.8) is 0 Å². The van der Waals surface area contributed by atoms with E-state index < -0.39 is 18.1 Å². The first kappa shape index (κ1) is 28.5. The first-order valence-electron chi connectivity index (χ1n) is 13.0. The monoisotopic (exact) mass is 558 g/mol. The van der Waals surface area contributed by atoms with E-state index in [2.05, 4.69) is 76.2 Å². The minimum absolute atomic E-state index is 0.848. The van der Waals surface area contributed by atoms with Gasteiger partial charge in [0.1, 0.15) is 23.0 Å². The minimum atomic E-state index is -2.18. The van der Waals surface area contributed by atoms with E-state index in [1.54, 1.807) is 28.4 Å². The van der Waals surface area contributed by atoms with Crippen LogP contribution in [0.3, 0.4) is 0 Å². The Morgan fingerprint density at radius 3 is 0.795 bits per heavy atom. The molecule has 39 heavy (non-hydrogen) atoms. The van der Waals surface area contributed by atoms with Crippen LogP contribution in [0.15, 0.2) is 72.8 Å². The van der Waals surface area contributed by atoms with Gasteiger partial charge in [0, 0.05) is 0 Å². The fourth-order valence-electron chi connectivity index (χ4n) is 5.04. The second kappa shape index (κ2) is 12.6. The maximum absolute atomic E-state index is 7.53. The molecular weight excluding hydrogens is 521 g/mol. The van der Waals surface area contributed by atoms with Gasteiger partial charge in [-0.05, 0) is 119 Å². The van der Waals surface area contributed by atoms with Gasteiger partial charge in [0.2, 0.25) is 18.1 Å². The van der Waals surface area contributed by atoms with Crippen LogP contribution in [0.1, 0.15) is 22.3 Å². The lowest BCUT2D eigenvalue weighted by molar-refractivity contribution is 0.414. The summed E-state index contributed by atoms with van der Waals surface area (Å²) in [4.78, 5) is 0. The number of aryl methyl sites for hydroxylation is 4. The van der Waals surface area contributed by atoms with Gasteiger partial charge in [-0.3, -0.25) is 0 Å². The van der Waals surface area contributed by atoms with Gasteiger partial charge in [0.15, 0.2) is 0 Å². The average Bonchev–Trinajstić information content (AvgIpc) is 2.94. The first-order valence-corrected chi connectivity index (χ1v) is 16.3. The maximum Gasteiger partial charge on any atom is 0.229 e. The first-order chi connectivity index (χ1) is 18.8. The van der Waals surface area contributed by atoms with Crippen LogP contribution in [0, 0.1) is 27.7 Å². The topological polar surface area (TPSA) is 46.2 Å². The molecule has 0 aliphatic rings. The molecule has 0 amide bonds. The van der Waals surface area contributed by atoms with Crippen molar-refractivity contribution in [1.29, 1.82) is 0 Å². The van der Waals surface area contributed by atoms with Crippen LogP contribution in [0.25, 0.3) is 0 Å². The molecule has 0 radical (unpaired) electrons. The molecule has 5 nitrogen and oxygen atoms in total. The van der Waals surface area contributed by atoms with Gasteiger partial charge >= 0.3 is 0 Å². The Kier molecular flexibility index (Phi) is 9.17. The second-order valence-electron chi connectivity index (χ2n) is 9.79. The molecule has 0 unspecified atom stereocenters. The van der Waals surface area contributed by atoms with Gasteiger partial charge < -0.3 is 23.1 Å². The Morgan fingerprint density at radius 2 is 0.615 bits per heavy atom. The van der Waals surface area contributed by atoms with E-state index in [1.807, 2.05) is 24.3 Å². The van der Waals surface area contributed by atoms with Crippen LogP contribution in [0.4, 0.5) is 0 Å². The summed E-state index contributed by atoms with van der Waals surface area (Å²) in [7, 11) is 2.45. The van der Waals surface area contributed by atoms with Crippen molar-refractivity contribution >= 4 is 38.8 Å². The zero-order valence-electron chi connectivity index (χ0n) is 24.1. The quantitative estimate of drug-likeness (QED) is 0.280. The predicted octanol–water partition coefficient (Wildman–Crippen LogP) is 3.35. The number of methoxy groups -OCH3 is 4. The Morgan fingerprint density at radius 1 is 0.385 bits per heavy atom. The standard InChI is InChI=1S/C32H38O5Si2/c1-21-17-25(33-5)9-13-29(21)38(30-14-10-26(34-6)18-22(30)2)37-39(31-15-11-27(35-7)19-23(31)3)32-16-12-28(36-8)20-24(32)4/h9-20,38-39H,1-8H3. The predicted molar refractivity (Wildman–Crippen MR) is 165 cm³/mol. The fraction of sp³-hybridized carbons (Fsp3) is 0.250. The van der Waals surface area contributed by atoms with Gasteiger partial charge in [0.25, 0.3) is 0 Å². The van der Waals surface area contributed by atoms with E-state index >= 15 is 0 Å². The van der Waals surface area contributed by atoms with Crippen molar-refractivity contribution in [2.75, 3.05) is 28.4 Å². The molecule has 0 saturated carbocycles. The maximum atomic E-state index is 7.53. The van der Waals surface area contributed by atoms with E-state index in [1.165, 1.54) is 43.0 Å². The van der Waals surface area contributed by atoms with Gasteiger partial charge in [-0.2, -0.15) is 0 Å². The summed E-state index contributed by atoms with van der Waals surface area (Å²) in [5.41, 5.74) is 4.69. The number of hydrogen-bond donors (Lipinski definition) is 0. The van der Waals surface area contributed by atoms with Gasteiger partial charge in [-0.15, -0.1) is 0 Å². The molecule has 0 aliphatic heterocycles. The number of ether oxygens (including phenoxy) is 4. The lowest BCUT2D eigenvalue weighted by atomic mass is 10.2. The number of hydrogen-bond acceptors (Lipinski definition) is 5. The van der Waals surface area contributed by atoms with Crippen LogP contribution in [0.5, 0.6) is 23.0 Å². The highest BCUT2D eigenvalue weighted by molar-refractivity contribution is 6.92. The van der Waals surface area contributed by atoms with E-state index in [4.69, 9.17) is 23.1 Å². The van der Waals surface area contributed by atoms with Gasteiger partial charge in [0.05, 0.1) is 28.4 Å². The number of rotatable bonds is 10. The van der Waals surface area contributed by atoms with Crippen molar-refractivity contribution in [3.05, 3.63) is 95.1 Å². The molecular formula is C32H38O5Si2. The van der Waals surface area contributed by atoms with Gasteiger partial charge in [-0.25, -0.2) is 0 Å². The largest absolute Gasteiger partial charge is 0.497 e. The van der Waals surface area contributed by atoms with Crippen molar-refractivity contribution in [2.24, 2.45) is 0 Å². The molecule has 0 aliphatic carbocycles. The third kappa shape index (κ3) is 6.22. The Bertz CT molecular complexity index is 1240. The highest BCUT2D eigenvalue weighted by atomic mass is 28.4. The van der Waals surface area contributed by atoms with Crippen LogP contribution in [0.2, 0.25) is 0 Å². The van der Waals surface area contributed by atoms with Crippen LogP contribution >= 0.6 is 0 Å². The van der Waals surface area contributed by atoms with Crippen LogP contribution < -0.4 is 39.7 Å². The lowest BCUT2D eigenvalue weighted by Gasteiger charge is -2.29. The molecule has 0 spiro atoms. The molecule has 0 atom stereocenters. The van der Waals surface area contributed by atoms with Crippen molar-refractivity contribution < 1.29 is 23.1 Å². The van der Waals surface area contributed by atoms with Crippen molar-refractivity contribution in [1.82, 2.24) is 0 Å². The molecule has 0 saturated heterocycles. The lowest BCUT2D eigenvalue weighted by Crippen LogP contribution is -2.57. The summed E-state index contributed by atoms with van der Waals surface area (Å²) in [6.07, 6.45) is 0. The molecule has 0 fully saturated rings. The second-order valence-corrected chi connectivity index (χ2v) is 14.9. The highest BCUT2D eigenvalue weighted by Gasteiger charge is 2.30. The molecule has 0 N–H and O–H groups in total. The molecule has 4 rings (SSSR count). The zero-order chi connectivity index (χ0) is 28.1. The Balaban J connectivity index is 1.92. The summed E-state index contributed by atoms with van der Waals surface area (Å²) >= 11 is 0. The molecule has 4 aromatic carbocycles. The van der Waals surface area contributed by atoms with E-state index in [0.717, 1.165) is 23.0 Å². The zero-order valence-corrected chi connectivity index (χ0v) is 26.4. The molecule has 204 valence electrons. The summed E-state index contributed by atoms with van der Waals surface area (Å²) in [5, 5.41) is 5.00. The van der Waals surface area contributed by atoms with Crippen LogP contribution in [-0.4, -0.2) is 46.5 Å². The third-order valence-corrected chi connectivity index (χ3v) is 14.3. The van der Waals surface area contributed by atoms with E-state index in [9.17, 15) is 0 Å². The summed E-state index contributed by atoms with van der Waals surface area (Å²) in [6.45, 7) is 8.59. The van der Waals surface area contributed by atoms with E-state index in [0.29, 0.717) is 0 Å². The fourth-order valence-corrected chi connectivity index (χ4v) is 12.2. The Labute approximate surface area is 235 Å². The Hall–Kier alpha value is -3.53. The van der Waals surface area contributed by atoms with Gasteiger partial charge in [-0.1, -0.05) is 24.3 Å². The van der Waals surface area contributed by atoms with Crippen LogP contribution in [-0.2, 0) is 4.12 Å². The third-order valence-electron chi connectivity index (χ3n) is 7.31. The molecule has 7 heteroatoms. The highest BCUT2D eigenvalue weighted by Crippen LogP contribution is 2.18. The minimum Gasteiger partial charge on any atom is -0.497 e. The average molecular weight is 559 g/mol. The molecule has 0 aromatic heterocycles. The summed E-state index contributed by atoms with van der Waals surface area (Å²) in [5.74, 6) is 3.39. The SMILES string of the molecule is COc1ccc([SiH](O[SiH](c2ccc(OC)cc2C)c2ccc(OC)cc2C)c2ccc(OC)cc2C)c(C)c1. The molecule has 0 bridgehead atoms. The van der Waals surface area contributed by atoms with E-state index in [-0.39, 0.29) is 0 Å². The smallest absolute Gasteiger partial charge is 0.229 e. The van der Waals surface area contributed by atoms with Crippen molar-refractivity contribution in [3.8, 4) is 23.0 Å². The number of benzene rings is 4. The molecule has 4 aromatic rings. The summed E-state index contributed by atoms with van der Waals surface area (Å²) < 4.78 is 29.6. The normalized spacial score (nSPS) is 11.1. The summed E-state index contributed by atoms with van der Waals surface area (Å²) in [6, 6.07) is 25.3. The van der Waals surface area contributed by atoms with Crippen molar-refractivity contribution in [2.45, 2.75) is 27.7 Å². The molecule has 0 heterocycles.